The van der Waals surface area contributed by atoms with Gasteiger partial charge < -0.3 is 14.6 Å². The first-order valence-corrected chi connectivity index (χ1v) is 9.37. The lowest BCUT2D eigenvalue weighted by atomic mass is 10.1. The predicted octanol–water partition coefficient (Wildman–Crippen LogP) is 4.35. The SMILES string of the molecule is Cc1noc(C)c1COc1ccc(CC(=O)N[C@H](C)c2cccs2)cc1. The van der Waals surface area contributed by atoms with E-state index in [1.165, 1.54) is 0 Å². The summed E-state index contributed by atoms with van der Waals surface area (Å²) in [5.41, 5.74) is 2.76. The van der Waals surface area contributed by atoms with Crippen LogP contribution in [0.4, 0.5) is 0 Å². The summed E-state index contributed by atoms with van der Waals surface area (Å²) >= 11 is 1.65. The molecule has 1 aromatic carbocycles. The van der Waals surface area contributed by atoms with Crippen LogP contribution in [0, 0.1) is 13.8 Å². The summed E-state index contributed by atoms with van der Waals surface area (Å²) in [6.45, 7) is 6.18. The Morgan fingerprint density at radius 1 is 1.27 bits per heavy atom. The number of carbonyl (C=O) groups excluding carboxylic acids is 1. The number of rotatable bonds is 7. The third kappa shape index (κ3) is 4.52. The molecule has 0 saturated carbocycles. The zero-order valence-electron chi connectivity index (χ0n) is 15.1. The molecule has 0 unspecified atom stereocenters. The molecule has 0 saturated heterocycles. The third-order valence-corrected chi connectivity index (χ3v) is 5.25. The summed E-state index contributed by atoms with van der Waals surface area (Å²) in [5, 5.41) is 8.96. The summed E-state index contributed by atoms with van der Waals surface area (Å²) in [7, 11) is 0. The first-order chi connectivity index (χ1) is 12.5. The maximum atomic E-state index is 12.2. The molecule has 1 N–H and O–H groups in total. The number of amides is 1. The number of hydrogen-bond donors (Lipinski definition) is 1. The number of ether oxygens (including phenoxy) is 1. The standard InChI is InChI=1S/C20H22N2O3S/c1-13-18(15(3)25-22-13)12-24-17-8-6-16(7-9-17)11-20(23)21-14(2)19-5-4-10-26-19/h4-10,14H,11-12H2,1-3H3,(H,21,23)/t14-/m1/s1. The molecule has 0 aliphatic heterocycles. The van der Waals surface area contributed by atoms with Crippen LogP contribution in [0.15, 0.2) is 46.3 Å². The van der Waals surface area contributed by atoms with Crippen molar-refractivity contribution >= 4 is 17.2 Å². The second-order valence-corrected chi connectivity index (χ2v) is 7.20. The smallest absolute Gasteiger partial charge is 0.224 e. The van der Waals surface area contributed by atoms with Crippen molar-refractivity contribution in [3.05, 3.63) is 69.2 Å². The van der Waals surface area contributed by atoms with Crippen LogP contribution in [0.5, 0.6) is 5.75 Å². The monoisotopic (exact) mass is 370 g/mol. The zero-order chi connectivity index (χ0) is 18.5. The number of aromatic nitrogens is 1. The summed E-state index contributed by atoms with van der Waals surface area (Å²) in [5.74, 6) is 1.53. The van der Waals surface area contributed by atoms with Crippen LogP contribution in [-0.2, 0) is 17.8 Å². The van der Waals surface area contributed by atoms with Crippen molar-refractivity contribution in [2.24, 2.45) is 0 Å². The minimum absolute atomic E-state index is 0.00953. The molecule has 26 heavy (non-hydrogen) atoms. The normalized spacial score (nSPS) is 12.0. The highest BCUT2D eigenvalue weighted by Crippen LogP contribution is 2.20. The van der Waals surface area contributed by atoms with Crippen LogP contribution in [0.25, 0.3) is 0 Å². The van der Waals surface area contributed by atoms with Crippen molar-refractivity contribution < 1.29 is 14.1 Å². The van der Waals surface area contributed by atoms with Gasteiger partial charge in [0.1, 0.15) is 18.1 Å². The van der Waals surface area contributed by atoms with Gasteiger partial charge in [-0.2, -0.15) is 0 Å². The fourth-order valence-corrected chi connectivity index (χ4v) is 3.39. The van der Waals surface area contributed by atoms with E-state index in [1.54, 1.807) is 11.3 Å². The van der Waals surface area contributed by atoms with E-state index in [1.807, 2.05) is 62.5 Å². The fraction of sp³-hybridized carbons (Fsp3) is 0.300. The van der Waals surface area contributed by atoms with Crippen molar-refractivity contribution in [2.45, 2.75) is 39.8 Å². The van der Waals surface area contributed by atoms with E-state index in [0.717, 1.165) is 33.2 Å². The third-order valence-electron chi connectivity index (χ3n) is 4.20. The number of thiophene rings is 1. The van der Waals surface area contributed by atoms with Gasteiger partial charge in [0, 0.05) is 4.88 Å². The molecule has 0 fully saturated rings. The number of carbonyl (C=O) groups is 1. The van der Waals surface area contributed by atoms with Gasteiger partial charge in [-0.25, -0.2) is 0 Å². The Morgan fingerprint density at radius 2 is 2.04 bits per heavy atom. The van der Waals surface area contributed by atoms with E-state index in [2.05, 4.69) is 10.5 Å². The summed E-state index contributed by atoms with van der Waals surface area (Å²) < 4.78 is 10.9. The van der Waals surface area contributed by atoms with Crippen molar-refractivity contribution in [1.82, 2.24) is 10.5 Å². The van der Waals surface area contributed by atoms with Crippen LogP contribution < -0.4 is 10.1 Å². The molecule has 2 aromatic heterocycles. The molecule has 6 heteroatoms. The molecule has 1 amide bonds. The molecular weight excluding hydrogens is 348 g/mol. The molecule has 0 aliphatic rings. The van der Waals surface area contributed by atoms with E-state index in [9.17, 15) is 4.79 Å². The minimum Gasteiger partial charge on any atom is -0.489 e. The molecule has 136 valence electrons. The lowest BCUT2D eigenvalue weighted by molar-refractivity contribution is -0.121. The maximum absolute atomic E-state index is 12.2. The van der Waals surface area contributed by atoms with Gasteiger partial charge >= 0.3 is 0 Å². The number of nitrogens with zero attached hydrogens (tertiary/aromatic N) is 1. The highest BCUT2D eigenvalue weighted by Gasteiger charge is 2.12. The van der Waals surface area contributed by atoms with Crippen LogP contribution in [-0.4, -0.2) is 11.1 Å². The largest absolute Gasteiger partial charge is 0.489 e. The number of hydrogen-bond acceptors (Lipinski definition) is 5. The van der Waals surface area contributed by atoms with E-state index in [4.69, 9.17) is 9.26 Å². The van der Waals surface area contributed by atoms with E-state index < -0.39 is 0 Å². The van der Waals surface area contributed by atoms with Gasteiger partial charge in [0.05, 0.1) is 23.7 Å². The average molecular weight is 370 g/mol. The Kier molecular flexibility index (Phi) is 5.73. The Morgan fingerprint density at radius 3 is 2.65 bits per heavy atom. The first kappa shape index (κ1) is 18.2. The number of aryl methyl sites for hydroxylation is 2. The second-order valence-electron chi connectivity index (χ2n) is 6.22. The van der Waals surface area contributed by atoms with Gasteiger partial charge in [-0.3, -0.25) is 4.79 Å². The highest BCUT2D eigenvalue weighted by molar-refractivity contribution is 7.10. The zero-order valence-corrected chi connectivity index (χ0v) is 15.9. The fourth-order valence-electron chi connectivity index (χ4n) is 2.65. The Balaban J connectivity index is 1.52. The molecule has 3 rings (SSSR count). The van der Waals surface area contributed by atoms with Crippen LogP contribution in [0.2, 0.25) is 0 Å². The van der Waals surface area contributed by atoms with Crippen LogP contribution in [0.3, 0.4) is 0 Å². The Bertz CT molecular complexity index is 834. The number of nitrogens with one attached hydrogen (secondary N) is 1. The molecule has 0 bridgehead atoms. The van der Waals surface area contributed by atoms with Gasteiger partial charge in [-0.05, 0) is 49.9 Å². The molecule has 1 atom stereocenters. The highest BCUT2D eigenvalue weighted by atomic mass is 32.1. The minimum atomic E-state index is 0.00953. The Hall–Kier alpha value is -2.60. The van der Waals surface area contributed by atoms with E-state index in [0.29, 0.717) is 13.0 Å². The number of benzene rings is 1. The molecule has 5 nitrogen and oxygen atoms in total. The molecule has 0 aliphatic carbocycles. The maximum Gasteiger partial charge on any atom is 0.224 e. The van der Waals surface area contributed by atoms with E-state index >= 15 is 0 Å². The molecular formula is C20H22N2O3S. The lowest BCUT2D eigenvalue weighted by Gasteiger charge is -2.12. The van der Waals surface area contributed by atoms with Gasteiger partial charge in [-0.15, -0.1) is 11.3 Å². The van der Waals surface area contributed by atoms with Crippen LogP contribution >= 0.6 is 11.3 Å². The Labute approximate surface area is 157 Å². The predicted molar refractivity (Wildman–Crippen MR) is 101 cm³/mol. The first-order valence-electron chi connectivity index (χ1n) is 8.49. The van der Waals surface area contributed by atoms with Gasteiger partial charge in [0.25, 0.3) is 0 Å². The lowest BCUT2D eigenvalue weighted by Crippen LogP contribution is -2.27. The van der Waals surface area contributed by atoms with E-state index in [-0.39, 0.29) is 11.9 Å². The molecule has 3 aromatic rings. The van der Waals surface area contributed by atoms with Crippen molar-refractivity contribution in [2.75, 3.05) is 0 Å². The van der Waals surface area contributed by atoms with Crippen molar-refractivity contribution in [3.8, 4) is 5.75 Å². The van der Waals surface area contributed by atoms with Crippen LogP contribution in [0.1, 0.15) is 40.4 Å². The summed E-state index contributed by atoms with van der Waals surface area (Å²) in [6, 6.07) is 11.6. The van der Waals surface area contributed by atoms with Crippen molar-refractivity contribution in [3.63, 3.8) is 0 Å². The quantitative estimate of drug-likeness (QED) is 0.671. The van der Waals surface area contributed by atoms with Gasteiger partial charge in [-0.1, -0.05) is 23.4 Å². The summed E-state index contributed by atoms with van der Waals surface area (Å²) in [4.78, 5) is 13.4. The van der Waals surface area contributed by atoms with Gasteiger partial charge in [0.2, 0.25) is 5.91 Å². The molecule has 2 heterocycles. The van der Waals surface area contributed by atoms with Gasteiger partial charge in [0.15, 0.2) is 0 Å². The topological polar surface area (TPSA) is 64.4 Å². The average Bonchev–Trinajstić information content (AvgIpc) is 3.25. The van der Waals surface area contributed by atoms with Crippen molar-refractivity contribution in [1.29, 1.82) is 0 Å². The second kappa shape index (κ2) is 8.19. The molecule has 0 radical (unpaired) electrons. The summed E-state index contributed by atoms with van der Waals surface area (Å²) in [6.07, 6.45) is 0.347. The molecule has 0 spiro atoms.